The van der Waals surface area contributed by atoms with Crippen molar-refractivity contribution in [3.05, 3.63) is 76.0 Å². The van der Waals surface area contributed by atoms with Crippen LogP contribution < -0.4 is 10.3 Å². The van der Waals surface area contributed by atoms with Gasteiger partial charge in [-0.3, -0.25) is 9.59 Å². The molecule has 1 amide bonds. The summed E-state index contributed by atoms with van der Waals surface area (Å²) in [4.78, 5) is 31.7. The predicted octanol–water partition coefficient (Wildman–Crippen LogP) is 4.00. The number of ether oxygens (including phenoxy) is 1. The maximum atomic E-state index is 14.0. The molecule has 7 rings (SSSR count). The van der Waals surface area contributed by atoms with Crippen LogP contribution in [0.5, 0.6) is 5.75 Å². The molecule has 3 fully saturated rings. The summed E-state index contributed by atoms with van der Waals surface area (Å²) < 4.78 is 62.9. The van der Waals surface area contributed by atoms with Crippen molar-refractivity contribution in [1.29, 1.82) is 0 Å². The fraction of sp³-hybridized carbons (Fsp3) is 0.423. The number of aryl methyl sites for hydroxylation is 1. The molecule has 0 atom stereocenters. The summed E-state index contributed by atoms with van der Waals surface area (Å²) in [7, 11) is 0. The van der Waals surface area contributed by atoms with E-state index in [-0.39, 0.29) is 49.6 Å². The van der Waals surface area contributed by atoms with Gasteiger partial charge in [-0.05, 0) is 56.5 Å². The van der Waals surface area contributed by atoms with Crippen LogP contribution in [0.4, 0.5) is 17.6 Å². The molecular weight excluding hydrogens is 492 g/mol. The smallest absolute Gasteiger partial charge is 0.394 e. The van der Waals surface area contributed by atoms with E-state index in [0.717, 1.165) is 5.69 Å². The van der Waals surface area contributed by atoms with Crippen LogP contribution in [0.1, 0.15) is 41.0 Å². The van der Waals surface area contributed by atoms with Gasteiger partial charge in [-0.1, -0.05) is 0 Å². The zero-order valence-corrected chi connectivity index (χ0v) is 20.0. The molecule has 1 aromatic carbocycles. The number of alkyl halides is 3. The number of rotatable bonds is 6. The van der Waals surface area contributed by atoms with Gasteiger partial charge < -0.3 is 18.8 Å². The van der Waals surface area contributed by atoms with Gasteiger partial charge in [-0.25, -0.2) is 9.37 Å². The molecule has 0 radical (unpaired) electrons. The molecule has 194 valence electrons. The van der Waals surface area contributed by atoms with Crippen molar-refractivity contribution in [3.8, 4) is 11.4 Å². The second kappa shape index (κ2) is 7.93. The number of benzene rings is 1. The van der Waals surface area contributed by atoms with Crippen LogP contribution in [-0.2, 0) is 12.0 Å². The highest BCUT2D eigenvalue weighted by Gasteiger charge is 2.79. The Morgan fingerprint density at radius 2 is 1.84 bits per heavy atom. The van der Waals surface area contributed by atoms with Crippen molar-refractivity contribution < 1.29 is 27.1 Å². The third-order valence-electron chi connectivity index (χ3n) is 8.01. The highest BCUT2D eigenvalue weighted by molar-refractivity contribution is 5.93. The number of nitrogens with zero attached hydrogens (tertiary/aromatic N) is 4. The minimum atomic E-state index is -4.26. The van der Waals surface area contributed by atoms with Crippen LogP contribution in [0.3, 0.4) is 0 Å². The first kappa shape index (κ1) is 23.7. The highest BCUT2D eigenvalue weighted by Crippen LogP contribution is 2.79. The molecule has 7 nitrogen and oxygen atoms in total. The largest absolute Gasteiger partial charge is 0.491 e. The van der Waals surface area contributed by atoms with Gasteiger partial charge in [-0.15, -0.1) is 0 Å². The van der Waals surface area contributed by atoms with E-state index in [2.05, 4.69) is 4.98 Å². The Morgan fingerprint density at radius 3 is 2.51 bits per heavy atom. The molecule has 0 saturated heterocycles. The Balaban J connectivity index is 1.14. The second-order valence-corrected chi connectivity index (χ2v) is 10.4. The van der Waals surface area contributed by atoms with E-state index in [1.807, 2.05) is 6.92 Å². The number of hydrogen-bond donors (Lipinski definition) is 0. The minimum absolute atomic E-state index is 0.0555. The molecule has 2 aromatic heterocycles. The van der Waals surface area contributed by atoms with Crippen molar-refractivity contribution >= 4 is 5.91 Å². The maximum absolute atomic E-state index is 14.0. The quantitative estimate of drug-likeness (QED) is 0.465. The molecule has 0 spiro atoms. The predicted molar refractivity (Wildman–Crippen MR) is 124 cm³/mol. The Kier molecular flexibility index (Phi) is 5.09. The number of imidazole rings is 1. The van der Waals surface area contributed by atoms with Gasteiger partial charge in [-0.2, -0.15) is 13.2 Å². The highest BCUT2D eigenvalue weighted by atomic mass is 19.4. The SMILES string of the molecule is Cc1cn(-c2ccc3n(c2=O)CCN(CCOc2ccc(F)cc2C24CC(C(F)(F)F)(C2)C4)C3=O)cn1. The van der Waals surface area contributed by atoms with Crippen molar-refractivity contribution in [2.75, 3.05) is 19.7 Å². The summed E-state index contributed by atoms with van der Waals surface area (Å²) >= 11 is 0. The number of carbonyl (C=O) groups excluding carboxylic acids is 1. The summed E-state index contributed by atoms with van der Waals surface area (Å²) in [6, 6.07) is 7.13. The topological polar surface area (TPSA) is 69.4 Å². The van der Waals surface area contributed by atoms with E-state index in [4.69, 9.17) is 4.74 Å². The Hall–Kier alpha value is -3.63. The van der Waals surface area contributed by atoms with Gasteiger partial charge in [0.05, 0.1) is 24.0 Å². The first-order chi connectivity index (χ1) is 17.5. The van der Waals surface area contributed by atoms with Gasteiger partial charge in [0, 0.05) is 30.3 Å². The summed E-state index contributed by atoms with van der Waals surface area (Å²) in [6.45, 7) is 2.73. The average Bonchev–Trinajstić information content (AvgIpc) is 3.20. The molecule has 1 aliphatic heterocycles. The number of aromatic nitrogens is 3. The fourth-order valence-corrected chi connectivity index (χ4v) is 6.11. The zero-order chi connectivity index (χ0) is 26.2. The van der Waals surface area contributed by atoms with Gasteiger partial charge in [0.2, 0.25) is 0 Å². The minimum Gasteiger partial charge on any atom is -0.491 e. The van der Waals surface area contributed by atoms with Gasteiger partial charge >= 0.3 is 6.18 Å². The van der Waals surface area contributed by atoms with Crippen LogP contribution in [0.2, 0.25) is 0 Å². The lowest BCUT2D eigenvalue weighted by Gasteiger charge is -2.70. The molecule has 4 aliphatic rings. The molecule has 3 aliphatic carbocycles. The van der Waals surface area contributed by atoms with Crippen molar-refractivity contribution in [2.24, 2.45) is 5.41 Å². The average molecular weight is 516 g/mol. The zero-order valence-electron chi connectivity index (χ0n) is 20.0. The van der Waals surface area contributed by atoms with Crippen molar-refractivity contribution in [2.45, 2.75) is 44.3 Å². The molecule has 0 unspecified atom stereocenters. The number of fused-ring (bicyclic) bond motifs is 1. The van der Waals surface area contributed by atoms with Gasteiger partial charge in [0.15, 0.2) is 0 Å². The Labute approximate surface area is 209 Å². The second-order valence-electron chi connectivity index (χ2n) is 10.4. The normalized spacial score (nSPS) is 24.4. The summed E-state index contributed by atoms with van der Waals surface area (Å²) in [6.07, 6.45) is -1.14. The van der Waals surface area contributed by atoms with E-state index in [9.17, 15) is 27.2 Å². The lowest BCUT2D eigenvalue weighted by Crippen LogP contribution is -2.70. The number of hydrogen-bond acceptors (Lipinski definition) is 4. The molecule has 3 aromatic rings. The van der Waals surface area contributed by atoms with Crippen LogP contribution in [0, 0.1) is 18.2 Å². The van der Waals surface area contributed by atoms with E-state index < -0.39 is 22.8 Å². The monoisotopic (exact) mass is 516 g/mol. The van der Waals surface area contributed by atoms with Crippen LogP contribution in [0.15, 0.2) is 47.7 Å². The van der Waals surface area contributed by atoms with Gasteiger partial charge in [0.25, 0.3) is 11.5 Å². The molecule has 11 heteroatoms. The lowest BCUT2D eigenvalue weighted by molar-refractivity contribution is -0.337. The van der Waals surface area contributed by atoms with Crippen LogP contribution in [-0.4, -0.2) is 50.8 Å². The van der Waals surface area contributed by atoms with Crippen molar-refractivity contribution in [1.82, 2.24) is 19.0 Å². The van der Waals surface area contributed by atoms with Gasteiger partial charge in [0.1, 0.15) is 29.6 Å². The Bertz CT molecular complexity index is 1460. The number of pyridine rings is 1. The summed E-state index contributed by atoms with van der Waals surface area (Å²) in [5, 5.41) is 0. The van der Waals surface area contributed by atoms with E-state index in [1.165, 1.54) is 22.8 Å². The fourth-order valence-electron chi connectivity index (χ4n) is 6.11. The summed E-state index contributed by atoms with van der Waals surface area (Å²) in [5.41, 5.74) is -0.752. The standard InChI is InChI=1S/C26H24F4N4O3/c1-16-11-33(15-31-16)19-3-4-20-22(35)32(6-7-34(20)23(19)36)8-9-37-21-5-2-17(27)10-18(21)24-12-25(13-24,14-24)26(28,29)30/h2-5,10-11,15H,6-9,12-14H2,1H3. The molecular formula is C26H24F4N4O3. The van der Waals surface area contributed by atoms with Crippen LogP contribution >= 0.6 is 0 Å². The van der Waals surface area contributed by atoms with Crippen molar-refractivity contribution in [3.63, 3.8) is 0 Å². The molecule has 0 N–H and O–H groups in total. The third-order valence-corrected chi connectivity index (χ3v) is 8.01. The molecule has 2 bridgehead atoms. The number of halogens is 4. The molecule has 37 heavy (non-hydrogen) atoms. The lowest BCUT2D eigenvalue weighted by atomic mass is 9.33. The first-order valence-corrected chi connectivity index (χ1v) is 12.1. The third kappa shape index (κ3) is 3.58. The maximum Gasteiger partial charge on any atom is 0.394 e. The molecule has 3 heterocycles. The number of carbonyl (C=O) groups is 1. The first-order valence-electron chi connectivity index (χ1n) is 12.1. The molecule has 3 saturated carbocycles. The van der Waals surface area contributed by atoms with E-state index in [0.29, 0.717) is 30.1 Å². The summed E-state index contributed by atoms with van der Waals surface area (Å²) in [5.74, 6) is -0.490. The van der Waals surface area contributed by atoms with Crippen LogP contribution in [0.25, 0.3) is 5.69 Å². The Morgan fingerprint density at radius 1 is 1.08 bits per heavy atom. The van der Waals surface area contributed by atoms with E-state index in [1.54, 1.807) is 34.1 Å². The number of amides is 1. The van der Waals surface area contributed by atoms with E-state index >= 15 is 0 Å².